The molecule has 0 aromatic heterocycles. The minimum atomic E-state index is -1.22. The molecule has 2 aromatic carbocycles. The van der Waals surface area contributed by atoms with Gasteiger partial charge in [0.25, 0.3) is 0 Å². The average molecular weight is 375 g/mol. The van der Waals surface area contributed by atoms with Crippen molar-refractivity contribution in [2.24, 2.45) is 5.41 Å². The highest BCUT2D eigenvalue weighted by Crippen LogP contribution is 2.21. The van der Waals surface area contributed by atoms with Gasteiger partial charge >= 0.3 is 0 Å². The van der Waals surface area contributed by atoms with Crippen LogP contribution in [0.3, 0.4) is 0 Å². The predicted molar refractivity (Wildman–Crippen MR) is 104 cm³/mol. The van der Waals surface area contributed by atoms with E-state index in [-0.39, 0.29) is 5.91 Å². The van der Waals surface area contributed by atoms with Crippen LogP contribution in [-0.2, 0) is 16.0 Å². The van der Waals surface area contributed by atoms with E-state index in [1.807, 2.05) is 24.3 Å². The molecule has 0 fully saturated rings. The van der Waals surface area contributed by atoms with Gasteiger partial charge in [-0.25, -0.2) is 0 Å². The van der Waals surface area contributed by atoms with Crippen LogP contribution in [0.4, 0.5) is 5.69 Å². The van der Waals surface area contributed by atoms with Gasteiger partial charge in [-0.05, 0) is 50.1 Å². The summed E-state index contributed by atoms with van der Waals surface area (Å²) in [6, 6.07) is 14.4. The Morgan fingerprint density at radius 1 is 1.08 bits per heavy atom. The fourth-order valence-electron chi connectivity index (χ4n) is 2.40. The van der Waals surface area contributed by atoms with Crippen molar-refractivity contribution in [3.8, 4) is 5.75 Å². The van der Waals surface area contributed by atoms with Crippen LogP contribution in [0.1, 0.15) is 19.4 Å². The Kier molecular flexibility index (Phi) is 6.64. The smallest absolute Gasteiger partial charge is 0.239 e. The highest BCUT2D eigenvalue weighted by Gasteiger charge is 2.35. The number of anilines is 1. The average Bonchev–Trinajstić information content (AvgIpc) is 2.62. The van der Waals surface area contributed by atoms with E-state index < -0.39 is 11.3 Å². The van der Waals surface area contributed by atoms with Crippen LogP contribution in [0.25, 0.3) is 0 Å². The standard InChI is InChI=1S/C20H23ClN2O3/c1-20(2,19(25)23-16-9-6-8-15(21)13-16)18(24)22-12-11-14-7-4-5-10-17(14)26-3/h4-10,13H,11-12H2,1-3H3,(H,22,24)(H,23,25). The van der Waals surface area contributed by atoms with E-state index in [0.717, 1.165) is 11.3 Å². The maximum absolute atomic E-state index is 12.5. The number of hydrogen-bond donors (Lipinski definition) is 2. The lowest BCUT2D eigenvalue weighted by Gasteiger charge is -2.23. The van der Waals surface area contributed by atoms with Crippen LogP contribution in [-0.4, -0.2) is 25.5 Å². The third-order valence-corrected chi connectivity index (χ3v) is 4.33. The van der Waals surface area contributed by atoms with E-state index in [4.69, 9.17) is 16.3 Å². The maximum atomic E-state index is 12.5. The van der Waals surface area contributed by atoms with Crippen LogP contribution in [0.5, 0.6) is 5.75 Å². The van der Waals surface area contributed by atoms with Crippen molar-refractivity contribution < 1.29 is 14.3 Å². The van der Waals surface area contributed by atoms with Crippen molar-refractivity contribution in [2.75, 3.05) is 19.0 Å². The van der Waals surface area contributed by atoms with E-state index in [2.05, 4.69) is 10.6 Å². The quantitative estimate of drug-likeness (QED) is 0.726. The van der Waals surface area contributed by atoms with Crippen LogP contribution in [0.15, 0.2) is 48.5 Å². The Morgan fingerprint density at radius 2 is 1.81 bits per heavy atom. The number of rotatable bonds is 7. The van der Waals surface area contributed by atoms with Gasteiger partial charge in [-0.15, -0.1) is 0 Å². The zero-order chi connectivity index (χ0) is 19.2. The van der Waals surface area contributed by atoms with Gasteiger partial charge in [-0.2, -0.15) is 0 Å². The normalized spacial score (nSPS) is 10.9. The second-order valence-corrected chi connectivity index (χ2v) is 6.84. The number of ether oxygens (including phenoxy) is 1. The summed E-state index contributed by atoms with van der Waals surface area (Å²) < 4.78 is 5.30. The summed E-state index contributed by atoms with van der Waals surface area (Å²) in [4.78, 5) is 25.0. The molecule has 2 rings (SSSR count). The van der Waals surface area contributed by atoms with Gasteiger partial charge in [-0.1, -0.05) is 35.9 Å². The molecule has 0 unspecified atom stereocenters. The van der Waals surface area contributed by atoms with E-state index in [9.17, 15) is 9.59 Å². The number of hydrogen-bond acceptors (Lipinski definition) is 3. The SMILES string of the molecule is COc1ccccc1CCNC(=O)C(C)(C)C(=O)Nc1cccc(Cl)c1. The van der Waals surface area contributed by atoms with Crippen molar-refractivity contribution in [3.05, 3.63) is 59.1 Å². The van der Waals surface area contributed by atoms with Crippen molar-refractivity contribution in [2.45, 2.75) is 20.3 Å². The zero-order valence-corrected chi connectivity index (χ0v) is 15.9. The molecule has 0 spiro atoms. The molecule has 0 radical (unpaired) electrons. The largest absolute Gasteiger partial charge is 0.496 e. The van der Waals surface area contributed by atoms with E-state index in [0.29, 0.717) is 23.7 Å². The molecule has 6 heteroatoms. The third kappa shape index (κ3) is 4.99. The fourth-order valence-corrected chi connectivity index (χ4v) is 2.59. The van der Waals surface area contributed by atoms with Crippen molar-refractivity contribution in [1.29, 1.82) is 0 Å². The lowest BCUT2D eigenvalue weighted by molar-refractivity contribution is -0.138. The summed E-state index contributed by atoms with van der Waals surface area (Å²) in [5.41, 5.74) is 0.331. The van der Waals surface area contributed by atoms with Gasteiger partial charge in [-0.3, -0.25) is 9.59 Å². The van der Waals surface area contributed by atoms with Crippen LogP contribution >= 0.6 is 11.6 Å². The first-order chi connectivity index (χ1) is 12.3. The number of amides is 2. The Hall–Kier alpha value is -2.53. The molecule has 5 nitrogen and oxygen atoms in total. The highest BCUT2D eigenvalue weighted by atomic mass is 35.5. The molecular formula is C20H23ClN2O3. The maximum Gasteiger partial charge on any atom is 0.239 e. The number of carbonyl (C=O) groups excluding carboxylic acids is 2. The number of nitrogens with one attached hydrogen (secondary N) is 2. The molecule has 0 bridgehead atoms. The van der Waals surface area contributed by atoms with Crippen molar-refractivity contribution in [3.63, 3.8) is 0 Å². The molecule has 0 atom stereocenters. The molecule has 0 aliphatic heterocycles. The summed E-state index contributed by atoms with van der Waals surface area (Å²) in [7, 11) is 1.61. The van der Waals surface area contributed by atoms with E-state index >= 15 is 0 Å². The molecule has 0 heterocycles. The summed E-state index contributed by atoms with van der Waals surface area (Å²) in [5.74, 6) is 0.0428. The summed E-state index contributed by atoms with van der Waals surface area (Å²) >= 11 is 5.92. The molecule has 2 aromatic rings. The molecule has 138 valence electrons. The third-order valence-electron chi connectivity index (χ3n) is 4.09. The number of benzene rings is 2. The summed E-state index contributed by atoms with van der Waals surface area (Å²) in [6.07, 6.45) is 0.613. The number of methoxy groups -OCH3 is 1. The minimum absolute atomic E-state index is 0.341. The van der Waals surface area contributed by atoms with Crippen LogP contribution in [0.2, 0.25) is 5.02 Å². The minimum Gasteiger partial charge on any atom is -0.496 e. The Morgan fingerprint density at radius 3 is 2.50 bits per heavy atom. The number of para-hydroxylation sites is 1. The van der Waals surface area contributed by atoms with Crippen LogP contribution in [0, 0.1) is 5.41 Å². The first-order valence-electron chi connectivity index (χ1n) is 8.32. The lowest BCUT2D eigenvalue weighted by atomic mass is 9.91. The molecule has 26 heavy (non-hydrogen) atoms. The lowest BCUT2D eigenvalue weighted by Crippen LogP contribution is -2.45. The summed E-state index contributed by atoms with van der Waals surface area (Å²) in [5, 5.41) is 6.06. The highest BCUT2D eigenvalue weighted by molar-refractivity contribution is 6.31. The predicted octanol–water partition coefficient (Wildman–Crippen LogP) is 3.67. The van der Waals surface area contributed by atoms with Crippen LogP contribution < -0.4 is 15.4 Å². The molecule has 2 amide bonds. The first kappa shape index (κ1) is 19.8. The van der Waals surface area contributed by atoms with Gasteiger partial charge in [0.1, 0.15) is 11.2 Å². The number of carbonyl (C=O) groups is 2. The topological polar surface area (TPSA) is 67.4 Å². The molecule has 0 saturated carbocycles. The zero-order valence-electron chi connectivity index (χ0n) is 15.1. The molecule has 0 aliphatic carbocycles. The van der Waals surface area contributed by atoms with Gasteiger partial charge in [0.05, 0.1) is 7.11 Å². The monoisotopic (exact) mass is 374 g/mol. The van der Waals surface area contributed by atoms with Crippen molar-refractivity contribution in [1.82, 2.24) is 5.32 Å². The summed E-state index contributed by atoms with van der Waals surface area (Å²) in [6.45, 7) is 3.59. The molecule has 0 saturated heterocycles. The van der Waals surface area contributed by atoms with E-state index in [1.54, 1.807) is 45.2 Å². The molecule has 0 aliphatic rings. The second-order valence-electron chi connectivity index (χ2n) is 6.41. The number of halogens is 1. The molecule has 2 N–H and O–H groups in total. The Bertz CT molecular complexity index is 790. The van der Waals surface area contributed by atoms with Gasteiger partial charge in [0.2, 0.25) is 11.8 Å². The van der Waals surface area contributed by atoms with E-state index in [1.165, 1.54) is 0 Å². The fraction of sp³-hybridized carbons (Fsp3) is 0.300. The van der Waals surface area contributed by atoms with Gasteiger partial charge in [0.15, 0.2) is 0 Å². The van der Waals surface area contributed by atoms with Gasteiger partial charge in [0, 0.05) is 17.3 Å². The Balaban J connectivity index is 1.93. The van der Waals surface area contributed by atoms with Gasteiger partial charge < -0.3 is 15.4 Å². The van der Waals surface area contributed by atoms with Crippen molar-refractivity contribution >= 4 is 29.1 Å². The first-order valence-corrected chi connectivity index (χ1v) is 8.69. The molecular weight excluding hydrogens is 352 g/mol. The Labute approximate surface area is 158 Å². The second kappa shape index (κ2) is 8.72.